The van der Waals surface area contributed by atoms with Gasteiger partial charge in [-0.05, 0) is 30.3 Å². The maximum absolute atomic E-state index is 13.5. The topological polar surface area (TPSA) is 96.4 Å². The highest BCUT2D eigenvalue weighted by molar-refractivity contribution is 7.92. The fourth-order valence-electron chi connectivity index (χ4n) is 1.47. The zero-order valence-corrected chi connectivity index (χ0v) is 11.1. The SMILES string of the molecule is O=C(O)c1ccc(NS(=O)(=O)c2cc(F)ccc2F)cn1. The lowest BCUT2D eigenvalue weighted by atomic mass is 10.3. The third kappa shape index (κ3) is 3.31. The Morgan fingerprint density at radius 2 is 1.90 bits per heavy atom. The molecule has 2 N–H and O–H groups in total. The van der Waals surface area contributed by atoms with Crippen LogP contribution in [0.25, 0.3) is 0 Å². The van der Waals surface area contributed by atoms with Crippen molar-refractivity contribution in [2.75, 3.05) is 4.72 Å². The van der Waals surface area contributed by atoms with E-state index in [0.717, 1.165) is 24.4 Å². The van der Waals surface area contributed by atoms with Gasteiger partial charge in [0, 0.05) is 0 Å². The molecule has 0 aliphatic heterocycles. The normalized spacial score (nSPS) is 11.1. The highest BCUT2D eigenvalue weighted by Gasteiger charge is 2.20. The molecule has 0 spiro atoms. The van der Waals surface area contributed by atoms with Gasteiger partial charge < -0.3 is 5.11 Å². The smallest absolute Gasteiger partial charge is 0.354 e. The van der Waals surface area contributed by atoms with E-state index in [-0.39, 0.29) is 11.4 Å². The summed E-state index contributed by atoms with van der Waals surface area (Å²) in [6.07, 6.45) is 0.957. The van der Waals surface area contributed by atoms with Crippen LogP contribution in [-0.2, 0) is 10.0 Å². The monoisotopic (exact) mass is 314 g/mol. The van der Waals surface area contributed by atoms with E-state index in [2.05, 4.69) is 4.98 Å². The highest BCUT2D eigenvalue weighted by Crippen LogP contribution is 2.19. The molecule has 1 aromatic carbocycles. The number of aromatic carboxylic acids is 1. The number of sulfonamides is 1. The number of carboxylic acids is 1. The summed E-state index contributed by atoms with van der Waals surface area (Å²) in [5.41, 5.74) is -0.362. The number of rotatable bonds is 4. The van der Waals surface area contributed by atoms with Gasteiger partial charge in [0.05, 0.1) is 11.9 Å². The third-order valence-electron chi connectivity index (χ3n) is 2.42. The second-order valence-corrected chi connectivity index (χ2v) is 5.57. The van der Waals surface area contributed by atoms with Crippen LogP contribution in [0.1, 0.15) is 10.5 Å². The predicted octanol–water partition coefficient (Wildman–Crippen LogP) is 1.86. The molecule has 0 atom stereocenters. The first-order valence-electron chi connectivity index (χ1n) is 5.47. The van der Waals surface area contributed by atoms with Gasteiger partial charge in [-0.3, -0.25) is 4.72 Å². The summed E-state index contributed by atoms with van der Waals surface area (Å²) in [5, 5.41) is 8.66. The van der Waals surface area contributed by atoms with Gasteiger partial charge in [-0.2, -0.15) is 0 Å². The molecule has 0 amide bonds. The fourth-order valence-corrected chi connectivity index (χ4v) is 2.61. The Bertz CT molecular complexity index is 791. The molecule has 1 heterocycles. The van der Waals surface area contributed by atoms with Crippen LogP contribution in [0.5, 0.6) is 0 Å². The largest absolute Gasteiger partial charge is 0.477 e. The summed E-state index contributed by atoms with van der Waals surface area (Å²) in [7, 11) is -4.35. The second-order valence-electron chi connectivity index (χ2n) is 3.92. The second kappa shape index (κ2) is 5.44. The van der Waals surface area contributed by atoms with Gasteiger partial charge in [-0.1, -0.05) is 0 Å². The summed E-state index contributed by atoms with van der Waals surface area (Å²) >= 11 is 0. The van der Waals surface area contributed by atoms with Crippen molar-refractivity contribution in [1.29, 1.82) is 0 Å². The van der Waals surface area contributed by atoms with E-state index in [1.807, 2.05) is 4.72 Å². The average Bonchev–Trinajstić information content (AvgIpc) is 2.41. The van der Waals surface area contributed by atoms with Crippen molar-refractivity contribution < 1.29 is 27.1 Å². The number of pyridine rings is 1. The quantitative estimate of drug-likeness (QED) is 0.898. The molecule has 0 fully saturated rings. The maximum atomic E-state index is 13.5. The van der Waals surface area contributed by atoms with Crippen LogP contribution in [0.15, 0.2) is 41.4 Å². The molecular weight excluding hydrogens is 306 g/mol. The molecule has 9 heteroatoms. The Morgan fingerprint density at radius 1 is 1.19 bits per heavy atom. The molecule has 0 unspecified atom stereocenters. The van der Waals surface area contributed by atoms with Crippen molar-refractivity contribution in [1.82, 2.24) is 4.98 Å². The zero-order chi connectivity index (χ0) is 15.6. The van der Waals surface area contributed by atoms with Gasteiger partial charge in [0.2, 0.25) is 0 Å². The van der Waals surface area contributed by atoms with Gasteiger partial charge in [0.25, 0.3) is 10.0 Å². The standard InChI is InChI=1S/C12H8F2N2O4S/c13-7-1-3-9(14)11(5-7)21(19,20)16-8-2-4-10(12(17)18)15-6-8/h1-6,16H,(H,17,18). The molecule has 0 aliphatic carbocycles. The number of halogens is 2. The number of benzene rings is 1. The molecule has 21 heavy (non-hydrogen) atoms. The Labute approximate surface area is 118 Å². The van der Waals surface area contributed by atoms with Crippen molar-refractivity contribution in [3.05, 3.63) is 53.9 Å². The lowest BCUT2D eigenvalue weighted by Gasteiger charge is -2.08. The van der Waals surface area contributed by atoms with Crippen molar-refractivity contribution >= 4 is 21.7 Å². The molecule has 0 saturated carbocycles. The summed E-state index contributed by atoms with van der Waals surface area (Å²) < 4.78 is 52.3. The van der Waals surface area contributed by atoms with Crippen molar-refractivity contribution in [2.45, 2.75) is 4.90 Å². The first kappa shape index (κ1) is 14.9. The molecule has 2 aromatic rings. The van der Waals surface area contributed by atoms with Gasteiger partial charge >= 0.3 is 5.97 Å². The number of hydrogen-bond donors (Lipinski definition) is 2. The number of aromatic nitrogens is 1. The van der Waals surface area contributed by atoms with E-state index in [1.165, 1.54) is 0 Å². The number of carbonyl (C=O) groups is 1. The molecule has 1 aromatic heterocycles. The van der Waals surface area contributed by atoms with Crippen molar-refractivity contribution in [3.63, 3.8) is 0 Å². The minimum Gasteiger partial charge on any atom is -0.477 e. The van der Waals surface area contributed by atoms with Crippen molar-refractivity contribution in [3.8, 4) is 0 Å². The minimum atomic E-state index is -4.35. The molecule has 0 saturated heterocycles. The van der Waals surface area contributed by atoms with Crippen molar-refractivity contribution in [2.24, 2.45) is 0 Å². The van der Waals surface area contributed by atoms with E-state index in [0.29, 0.717) is 12.1 Å². The fraction of sp³-hybridized carbons (Fsp3) is 0. The van der Waals surface area contributed by atoms with Crippen LogP contribution >= 0.6 is 0 Å². The van der Waals surface area contributed by atoms with Gasteiger partial charge in [0.1, 0.15) is 22.2 Å². The summed E-state index contributed by atoms with van der Waals surface area (Å²) in [5.74, 6) is -3.30. The first-order chi connectivity index (χ1) is 9.79. The third-order valence-corrected chi connectivity index (χ3v) is 3.81. The minimum absolute atomic E-state index is 0.0799. The van der Waals surface area contributed by atoms with Crippen LogP contribution in [0.3, 0.4) is 0 Å². The van der Waals surface area contributed by atoms with E-state index in [4.69, 9.17) is 5.11 Å². The van der Waals surface area contributed by atoms with E-state index in [1.54, 1.807) is 0 Å². The summed E-state index contributed by atoms with van der Waals surface area (Å²) in [6.45, 7) is 0. The van der Waals surface area contributed by atoms with Crippen LogP contribution < -0.4 is 4.72 Å². The Balaban J connectivity index is 2.33. The molecule has 2 rings (SSSR count). The number of nitrogens with one attached hydrogen (secondary N) is 1. The van der Waals surface area contributed by atoms with Gasteiger partial charge in [-0.15, -0.1) is 0 Å². The average molecular weight is 314 g/mol. The number of nitrogens with zero attached hydrogens (tertiary/aromatic N) is 1. The predicted molar refractivity (Wildman–Crippen MR) is 68.4 cm³/mol. The lowest BCUT2D eigenvalue weighted by Crippen LogP contribution is -2.15. The zero-order valence-electron chi connectivity index (χ0n) is 10.2. The molecule has 110 valence electrons. The van der Waals surface area contributed by atoms with E-state index >= 15 is 0 Å². The Hall–Kier alpha value is -2.55. The number of hydrogen-bond acceptors (Lipinski definition) is 4. The molecular formula is C12H8F2N2O4S. The summed E-state index contributed by atoms with van der Waals surface area (Å²) in [6, 6.07) is 4.23. The molecule has 0 radical (unpaired) electrons. The van der Waals surface area contributed by atoms with Crippen LogP contribution in [0.2, 0.25) is 0 Å². The molecule has 6 nitrogen and oxygen atoms in total. The van der Waals surface area contributed by atoms with E-state index < -0.39 is 32.5 Å². The highest BCUT2D eigenvalue weighted by atomic mass is 32.2. The maximum Gasteiger partial charge on any atom is 0.354 e. The van der Waals surface area contributed by atoms with Crippen LogP contribution in [-0.4, -0.2) is 24.5 Å². The first-order valence-corrected chi connectivity index (χ1v) is 6.95. The number of carboxylic acid groups (broad SMARTS) is 1. The summed E-state index contributed by atoms with van der Waals surface area (Å²) in [4.78, 5) is 13.3. The lowest BCUT2D eigenvalue weighted by molar-refractivity contribution is 0.0690. The van der Waals surface area contributed by atoms with E-state index in [9.17, 15) is 22.0 Å². The number of anilines is 1. The Kier molecular flexibility index (Phi) is 3.85. The molecule has 0 bridgehead atoms. The molecule has 0 aliphatic rings. The van der Waals surface area contributed by atoms with Crippen LogP contribution in [0.4, 0.5) is 14.5 Å². The van der Waals surface area contributed by atoms with Gasteiger partial charge in [0.15, 0.2) is 0 Å². The van der Waals surface area contributed by atoms with Gasteiger partial charge in [-0.25, -0.2) is 27.0 Å². The van der Waals surface area contributed by atoms with Crippen LogP contribution in [0, 0.1) is 11.6 Å². The Morgan fingerprint density at radius 3 is 2.48 bits per heavy atom.